The molecule has 2 aromatic carbocycles. The predicted molar refractivity (Wildman–Crippen MR) is 91.3 cm³/mol. The van der Waals surface area contributed by atoms with Gasteiger partial charge in [-0.05, 0) is 30.3 Å². The van der Waals surface area contributed by atoms with Crippen molar-refractivity contribution in [2.45, 2.75) is 6.42 Å². The maximum Gasteiger partial charge on any atom is 0.392 e. The fourth-order valence-electron chi connectivity index (χ4n) is 2.00. The zero-order valence-corrected chi connectivity index (χ0v) is 13.3. The average Bonchev–Trinajstić information content (AvgIpc) is 2.60. The van der Waals surface area contributed by atoms with Gasteiger partial charge in [0.25, 0.3) is 5.87 Å². The maximum absolute atomic E-state index is 11.6. The van der Waals surface area contributed by atoms with Gasteiger partial charge in [-0.3, -0.25) is 9.59 Å². The lowest BCUT2D eigenvalue weighted by molar-refractivity contribution is -0.118. The molecule has 1 amide bonds. The van der Waals surface area contributed by atoms with Gasteiger partial charge in [-0.15, -0.1) is 5.11 Å². The number of carbonyl (C=O) groups excluding carboxylic acids is 1. The molecule has 2 rings (SSSR count). The fraction of sp³-hybridized carbons (Fsp3) is 0.0625. The number of aromatic hydroxyl groups is 1. The van der Waals surface area contributed by atoms with Crippen LogP contribution >= 0.6 is 0 Å². The predicted octanol–water partition coefficient (Wildman–Crippen LogP) is 2.46. The summed E-state index contributed by atoms with van der Waals surface area (Å²) in [5.74, 6) is -3.24. The van der Waals surface area contributed by atoms with Crippen LogP contribution in [0, 0.1) is 0 Å². The molecule has 10 heteroatoms. The van der Waals surface area contributed by atoms with Gasteiger partial charge in [0.1, 0.15) is 11.4 Å². The first-order valence-corrected chi connectivity index (χ1v) is 7.28. The van der Waals surface area contributed by atoms with Crippen molar-refractivity contribution in [2.75, 3.05) is 0 Å². The molecule has 2 aromatic rings. The summed E-state index contributed by atoms with van der Waals surface area (Å²) in [7, 11) is 0.589. The first-order chi connectivity index (χ1) is 12.4. The third kappa shape index (κ3) is 5.16. The Bertz CT molecular complexity index is 884. The highest BCUT2D eigenvalue weighted by molar-refractivity contribution is 6.71. The number of carbonyl (C=O) groups is 3. The molecule has 0 aromatic heterocycles. The van der Waals surface area contributed by atoms with Crippen LogP contribution in [0.4, 0.5) is 16.2 Å². The van der Waals surface area contributed by atoms with E-state index in [2.05, 4.69) is 15.5 Å². The van der Waals surface area contributed by atoms with Gasteiger partial charge in [-0.2, -0.15) is 5.11 Å². The lowest BCUT2D eigenvalue weighted by Crippen LogP contribution is -2.33. The van der Waals surface area contributed by atoms with Crippen molar-refractivity contribution in [1.29, 1.82) is 0 Å². The molecule has 0 spiro atoms. The molecule has 0 aliphatic rings. The molecule has 0 saturated carbocycles. The molecule has 0 fully saturated rings. The normalized spacial score (nSPS) is 10.5. The number of aromatic carboxylic acids is 1. The topological polar surface area (TPSA) is 149 Å². The van der Waals surface area contributed by atoms with E-state index in [0.717, 1.165) is 0 Å². The van der Waals surface area contributed by atoms with E-state index in [4.69, 9.17) is 10.2 Å². The third-order valence-corrected chi connectivity index (χ3v) is 3.18. The van der Waals surface area contributed by atoms with Crippen LogP contribution in [0.3, 0.4) is 0 Å². The van der Waals surface area contributed by atoms with Gasteiger partial charge in [0, 0.05) is 5.56 Å². The molecule has 26 heavy (non-hydrogen) atoms. The second kappa shape index (κ2) is 8.42. The molecule has 9 nitrogen and oxygen atoms in total. The van der Waals surface area contributed by atoms with Gasteiger partial charge >= 0.3 is 13.4 Å². The maximum atomic E-state index is 11.6. The van der Waals surface area contributed by atoms with Gasteiger partial charge in [0.15, 0.2) is 0 Å². The number of nitrogens with one attached hydrogen (secondary N) is 1. The molecule has 0 saturated heterocycles. The summed E-state index contributed by atoms with van der Waals surface area (Å²) < 4.78 is 0. The number of hydrogen-bond acceptors (Lipinski definition) is 6. The minimum atomic E-state index is -1.30. The molecule has 0 aliphatic carbocycles. The van der Waals surface area contributed by atoms with Crippen molar-refractivity contribution < 1.29 is 29.7 Å². The van der Waals surface area contributed by atoms with Crippen LogP contribution < -0.4 is 5.23 Å². The minimum Gasteiger partial charge on any atom is -0.508 e. The summed E-state index contributed by atoms with van der Waals surface area (Å²) in [5.41, 5.74) is 0.638. The van der Waals surface area contributed by atoms with Crippen molar-refractivity contribution >= 4 is 36.5 Å². The number of amides is 1. The van der Waals surface area contributed by atoms with Crippen LogP contribution in [0.15, 0.2) is 52.7 Å². The van der Waals surface area contributed by atoms with Crippen molar-refractivity contribution in [3.05, 3.63) is 53.6 Å². The highest BCUT2D eigenvalue weighted by Crippen LogP contribution is 2.26. The smallest absolute Gasteiger partial charge is 0.392 e. The van der Waals surface area contributed by atoms with Crippen molar-refractivity contribution in [3.63, 3.8) is 0 Å². The van der Waals surface area contributed by atoms with Gasteiger partial charge in [0.05, 0.1) is 17.7 Å². The van der Waals surface area contributed by atoms with Crippen LogP contribution in [0.5, 0.6) is 5.75 Å². The lowest BCUT2D eigenvalue weighted by Gasteiger charge is -2.05. The number of phenolic OH excluding ortho intramolecular Hbond substituents is 1. The van der Waals surface area contributed by atoms with E-state index in [9.17, 15) is 19.5 Å². The number of phenols is 1. The first kappa shape index (κ1) is 18.7. The van der Waals surface area contributed by atoms with E-state index in [-0.39, 0.29) is 34.7 Å². The second-order valence-electron chi connectivity index (χ2n) is 5.06. The minimum absolute atomic E-state index is 0.0150. The third-order valence-electron chi connectivity index (χ3n) is 3.18. The van der Waals surface area contributed by atoms with Crippen molar-refractivity contribution in [1.82, 2.24) is 5.23 Å². The van der Waals surface area contributed by atoms with E-state index < -0.39 is 17.7 Å². The molecule has 0 aliphatic heterocycles. The molecule has 0 bridgehead atoms. The molecule has 131 valence electrons. The summed E-state index contributed by atoms with van der Waals surface area (Å²) >= 11 is 0. The zero-order chi connectivity index (χ0) is 19.1. The number of carboxylic acid groups (broad SMARTS) is 2. The molecule has 4 N–H and O–H groups in total. The highest BCUT2D eigenvalue weighted by atomic mass is 16.4. The quantitative estimate of drug-likeness (QED) is 0.443. The van der Waals surface area contributed by atoms with Crippen LogP contribution in [0.1, 0.15) is 15.9 Å². The molecular weight excluding hydrogens is 341 g/mol. The van der Waals surface area contributed by atoms with Crippen LogP contribution in [0.25, 0.3) is 0 Å². The van der Waals surface area contributed by atoms with Crippen LogP contribution in [0.2, 0.25) is 0 Å². The molecule has 0 atom stereocenters. The summed E-state index contributed by atoms with van der Waals surface area (Å²) in [5, 5.41) is 37.3. The van der Waals surface area contributed by atoms with E-state index in [1.807, 2.05) is 0 Å². The Kier molecular flexibility index (Phi) is 6.04. The van der Waals surface area contributed by atoms with Crippen molar-refractivity contribution in [3.8, 4) is 5.75 Å². The molecule has 0 unspecified atom stereocenters. The van der Waals surface area contributed by atoms with Gasteiger partial charge in [0.2, 0.25) is 5.91 Å². The lowest BCUT2D eigenvalue weighted by atomic mass is 9.95. The number of azo groups is 1. The fourth-order valence-corrected chi connectivity index (χ4v) is 2.00. The zero-order valence-electron chi connectivity index (χ0n) is 13.3. The van der Waals surface area contributed by atoms with Crippen LogP contribution in [-0.4, -0.2) is 40.5 Å². The molecule has 1 radical (unpaired) electrons. The number of benzene rings is 2. The monoisotopic (exact) mass is 354 g/mol. The second-order valence-corrected chi connectivity index (χ2v) is 5.06. The van der Waals surface area contributed by atoms with E-state index in [1.54, 1.807) is 12.1 Å². The van der Waals surface area contributed by atoms with Gasteiger partial charge in [-0.1, -0.05) is 12.1 Å². The van der Waals surface area contributed by atoms with Crippen LogP contribution in [-0.2, 0) is 11.2 Å². The summed E-state index contributed by atoms with van der Waals surface area (Å²) in [6.07, 6.45) is -0.273. The Morgan fingerprint density at radius 1 is 1.04 bits per heavy atom. The van der Waals surface area contributed by atoms with Gasteiger partial charge < -0.3 is 20.5 Å². The Hall–Kier alpha value is -3.69. The van der Waals surface area contributed by atoms with E-state index in [0.29, 0.717) is 7.41 Å². The Morgan fingerprint density at radius 3 is 2.46 bits per heavy atom. The SMILES string of the molecule is O=C(O)[B]NC(=O)Cc1cc(N=Nc2ccccc2C(=O)O)ccc1O. The summed E-state index contributed by atoms with van der Waals surface area (Å²) in [4.78, 5) is 33.2. The Balaban J connectivity index is 2.18. The largest absolute Gasteiger partial charge is 0.508 e. The van der Waals surface area contributed by atoms with E-state index >= 15 is 0 Å². The Labute approximate surface area is 148 Å². The Morgan fingerprint density at radius 2 is 1.77 bits per heavy atom. The standard InChI is InChI=1S/C16H13BN3O6/c21-13-6-5-10(7-9(13)8-14(22)18-17-16(25)26)19-20-12-4-2-1-3-11(12)15(23)24/h1-7,21H,8H2,(H,18,22)(H,23,24)(H,25,26). The molecule has 0 heterocycles. The van der Waals surface area contributed by atoms with Gasteiger partial charge in [-0.25, -0.2) is 4.79 Å². The number of nitrogens with zero attached hydrogens (tertiary/aromatic N) is 2. The summed E-state index contributed by atoms with van der Waals surface area (Å²) in [6.45, 7) is 0. The summed E-state index contributed by atoms with van der Waals surface area (Å²) in [6, 6.07) is 10.2. The van der Waals surface area contributed by atoms with Crippen molar-refractivity contribution in [2.24, 2.45) is 10.2 Å². The number of hydrogen-bond donors (Lipinski definition) is 4. The number of rotatable bonds is 7. The number of carboxylic acids is 1. The van der Waals surface area contributed by atoms with E-state index in [1.165, 1.54) is 30.3 Å². The first-order valence-electron chi connectivity index (χ1n) is 7.28. The highest BCUT2D eigenvalue weighted by Gasteiger charge is 2.12. The molecular formula is C16H13BN3O6. The average molecular weight is 354 g/mol.